The Morgan fingerprint density at radius 1 is 1.41 bits per heavy atom. The molecule has 0 aliphatic rings. The Kier molecular flexibility index (Phi) is 4.87. The van der Waals surface area contributed by atoms with Crippen molar-refractivity contribution in [3.63, 3.8) is 0 Å². The van der Waals surface area contributed by atoms with Gasteiger partial charge in [0, 0.05) is 4.90 Å². The van der Waals surface area contributed by atoms with E-state index in [1.165, 1.54) is 7.11 Å². The lowest BCUT2D eigenvalue weighted by atomic mass is 10.0. The summed E-state index contributed by atoms with van der Waals surface area (Å²) in [6, 6.07) is 3.89. The van der Waals surface area contributed by atoms with Crippen LogP contribution in [0, 0.1) is 6.92 Å². The number of benzene rings is 1. The van der Waals surface area contributed by atoms with E-state index < -0.39 is 0 Å². The summed E-state index contributed by atoms with van der Waals surface area (Å²) in [6.45, 7) is 6.04. The monoisotopic (exact) mass is 254 g/mol. The molecule has 0 saturated heterocycles. The van der Waals surface area contributed by atoms with Crippen LogP contribution >= 0.6 is 12.6 Å². The fourth-order valence-corrected chi connectivity index (χ4v) is 2.02. The topological polar surface area (TPSA) is 35.5 Å². The van der Waals surface area contributed by atoms with E-state index >= 15 is 0 Å². The number of aryl methyl sites for hydroxylation is 1. The van der Waals surface area contributed by atoms with Gasteiger partial charge in [0.2, 0.25) is 0 Å². The Hall–Kier alpha value is -1.16. The van der Waals surface area contributed by atoms with Gasteiger partial charge in [0.1, 0.15) is 5.75 Å². The Morgan fingerprint density at radius 2 is 2.06 bits per heavy atom. The second-order valence-corrected chi connectivity index (χ2v) is 4.68. The summed E-state index contributed by atoms with van der Waals surface area (Å²) < 4.78 is 9.96. The molecule has 0 saturated carbocycles. The van der Waals surface area contributed by atoms with Crippen LogP contribution in [0.2, 0.25) is 0 Å². The molecule has 0 fully saturated rings. The molecule has 0 spiro atoms. The van der Waals surface area contributed by atoms with Gasteiger partial charge in [0.05, 0.1) is 7.11 Å². The summed E-state index contributed by atoms with van der Waals surface area (Å²) >= 11 is 4.43. The zero-order chi connectivity index (χ0) is 13.0. The van der Waals surface area contributed by atoms with Gasteiger partial charge in [-0.3, -0.25) is 0 Å². The van der Waals surface area contributed by atoms with Crippen LogP contribution in [0.4, 0.5) is 0 Å². The summed E-state index contributed by atoms with van der Waals surface area (Å²) in [6.07, 6.45) is 0. The second-order valence-electron chi connectivity index (χ2n) is 4.20. The molecule has 17 heavy (non-hydrogen) atoms. The van der Waals surface area contributed by atoms with E-state index in [0.717, 1.165) is 16.0 Å². The van der Waals surface area contributed by atoms with Gasteiger partial charge in [-0.15, -0.1) is 12.6 Å². The van der Waals surface area contributed by atoms with E-state index in [-0.39, 0.29) is 12.6 Å². The summed E-state index contributed by atoms with van der Waals surface area (Å²) in [7, 11) is 1.34. The van der Waals surface area contributed by atoms with Crippen molar-refractivity contribution in [2.24, 2.45) is 0 Å². The Balaban J connectivity index is 2.92. The number of hydrogen-bond acceptors (Lipinski definition) is 4. The lowest BCUT2D eigenvalue weighted by molar-refractivity contribution is -0.142. The highest BCUT2D eigenvalue weighted by atomic mass is 32.1. The van der Waals surface area contributed by atoms with Gasteiger partial charge in [-0.1, -0.05) is 13.8 Å². The van der Waals surface area contributed by atoms with E-state index in [1.807, 2.05) is 19.1 Å². The number of thiol groups is 1. The van der Waals surface area contributed by atoms with E-state index in [0.29, 0.717) is 11.7 Å². The number of hydrogen-bond donors (Lipinski definition) is 1. The normalized spacial score (nSPS) is 10.5. The van der Waals surface area contributed by atoms with Crippen molar-refractivity contribution in [3.05, 3.63) is 23.3 Å². The summed E-state index contributed by atoms with van der Waals surface area (Å²) in [5.41, 5.74) is 2.07. The molecule has 3 nitrogen and oxygen atoms in total. The SMILES string of the molecule is COC(=O)COc1cc(C(C)C)c(S)cc1C. The van der Waals surface area contributed by atoms with Crippen LogP contribution in [0.1, 0.15) is 30.9 Å². The third-order valence-corrected chi connectivity index (χ3v) is 2.91. The molecule has 0 aromatic heterocycles. The van der Waals surface area contributed by atoms with Crippen LogP contribution in [0.25, 0.3) is 0 Å². The van der Waals surface area contributed by atoms with Crippen LogP contribution < -0.4 is 4.74 Å². The molecule has 0 aliphatic carbocycles. The van der Waals surface area contributed by atoms with Gasteiger partial charge in [-0.05, 0) is 36.1 Å². The molecule has 0 radical (unpaired) electrons. The largest absolute Gasteiger partial charge is 0.482 e. The maximum absolute atomic E-state index is 11.0. The average Bonchev–Trinajstić information content (AvgIpc) is 2.26. The molecule has 0 aliphatic heterocycles. The first-order chi connectivity index (χ1) is 7.95. The molecule has 1 rings (SSSR count). The Labute approximate surface area is 108 Å². The zero-order valence-corrected chi connectivity index (χ0v) is 11.5. The maximum atomic E-state index is 11.0. The molecule has 0 unspecified atom stereocenters. The predicted octanol–water partition coefficient (Wildman–Crippen LogP) is 2.96. The van der Waals surface area contributed by atoms with Gasteiger partial charge >= 0.3 is 5.97 Å². The first-order valence-corrected chi connectivity index (χ1v) is 5.93. The van der Waals surface area contributed by atoms with Crippen molar-refractivity contribution in [3.8, 4) is 5.75 Å². The number of carbonyl (C=O) groups excluding carboxylic acids is 1. The average molecular weight is 254 g/mol. The van der Waals surface area contributed by atoms with Crippen molar-refractivity contribution in [1.82, 2.24) is 0 Å². The van der Waals surface area contributed by atoms with Crippen LogP contribution in [0.15, 0.2) is 17.0 Å². The minimum Gasteiger partial charge on any atom is -0.482 e. The molecule has 4 heteroatoms. The van der Waals surface area contributed by atoms with Gasteiger partial charge in [-0.2, -0.15) is 0 Å². The van der Waals surface area contributed by atoms with Crippen molar-refractivity contribution < 1.29 is 14.3 Å². The maximum Gasteiger partial charge on any atom is 0.343 e. The second kappa shape index (κ2) is 5.96. The Bertz CT molecular complexity index is 413. The van der Waals surface area contributed by atoms with Crippen molar-refractivity contribution >= 4 is 18.6 Å². The lowest BCUT2D eigenvalue weighted by Crippen LogP contribution is -2.13. The number of methoxy groups -OCH3 is 1. The fraction of sp³-hybridized carbons (Fsp3) is 0.462. The van der Waals surface area contributed by atoms with Crippen LogP contribution in [-0.4, -0.2) is 19.7 Å². The minimum absolute atomic E-state index is 0.0687. The van der Waals surface area contributed by atoms with E-state index in [1.54, 1.807) is 0 Å². The molecule has 0 bridgehead atoms. The van der Waals surface area contributed by atoms with E-state index in [2.05, 4.69) is 31.2 Å². The quantitative estimate of drug-likeness (QED) is 0.663. The molecular formula is C13H18O3S. The zero-order valence-electron chi connectivity index (χ0n) is 10.6. The lowest BCUT2D eigenvalue weighted by Gasteiger charge is -2.14. The van der Waals surface area contributed by atoms with Crippen molar-refractivity contribution in [2.75, 3.05) is 13.7 Å². The van der Waals surface area contributed by atoms with E-state index in [9.17, 15) is 4.79 Å². The smallest absolute Gasteiger partial charge is 0.343 e. The summed E-state index contributed by atoms with van der Waals surface area (Å²) in [4.78, 5) is 12.0. The van der Waals surface area contributed by atoms with Crippen LogP contribution in [0.5, 0.6) is 5.75 Å². The summed E-state index contributed by atoms with van der Waals surface area (Å²) in [5, 5.41) is 0. The first-order valence-electron chi connectivity index (χ1n) is 5.48. The molecule has 0 N–H and O–H groups in total. The fourth-order valence-electron chi connectivity index (χ4n) is 1.50. The Morgan fingerprint density at radius 3 is 2.59 bits per heavy atom. The van der Waals surface area contributed by atoms with Crippen LogP contribution in [0.3, 0.4) is 0 Å². The number of carbonyl (C=O) groups is 1. The minimum atomic E-state index is -0.384. The number of ether oxygens (including phenoxy) is 2. The first kappa shape index (κ1) is 13.9. The highest BCUT2D eigenvalue weighted by molar-refractivity contribution is 7.80. The van der Waals surface area contributed by atoms with Gasteiger partial charge in [0.15, 0.2) is 6.61 Å². The molecular weight excluding hydrogens is 236 g/mol. The molecule has 94 valence electrons. The third kappa shape index (κ3) is 3.66. The number of esters is 1. The van der Waals surface area contributed by atoms with Crippen molar-refractivity contribution in [2.45, 2.75) is 31.6 Å². The highest BCUT2D eigenvalue weighted by Gasteiger charge is 2.10. The summed E-state index contributed by atoms with van der Waals surface area (Å²) in [5.74, 6) is 0.686. The van der Waals surface area contributed by atoms with Crippen LogP contribution in [-0.2, 0) is 9.53 Å². The van der Waals surface area contributed by atoms with Gasteiger partial charge < -0.3 is 9.47 Å². The van der Waals surface area contributed by atoms with E-state index in [4.69, 9.17) is 4.74 Å². The standard InChI is InChI=1S/C13H18O3S/c1-8(2)10-6-11(9(3)5-12(10)17)16-7-13(14)15-4/h5-6,8,17H,7H2,1-4H3. The molecule has 0 amide bonds. The highest BCUT2D eigenvalue weighted by Crippen LogP contribution is 2.30. The molecule has 1 aromatic rings. The van der Waals surface area contributed by atoms with Gasteiger partial charge in [-0.25, -0.2) is 4.79 Å². The predicted molar refractivity (Wildman–Crippen MR) is 70.0 cm³/mol. The molecule has 0 atom stereocenters. The molecule has 0 heterocycles. The van der Waals surface area contributed by atoms with Gasteiger partial charge in [0.25, 0.3) is 0 Å². The number of rotatable bonds is 4. The van der Waals surface area contributed by atoms with Crippen molar-refractivity contribution in [1.29, 1.82) is 0 Å². The third-order valence-electron chi connectivity index (χ3n) is 2.52. The molecule has 1 aromatic carbocycles.